The lowest BCUT2D eigenvalue weighted by Crippen LogP contribution is -2.38. The van der Waals surface area contributed by atoms with Crippen LogP contribution in [0.1, 0.15) is 25.7 Å². The maximum atomic E-state index is 4.25. The van der Waals surface area contributed by atoms with E-state index in [1.54, 1.807) is 0 Å². The molecule has 0 aliphatic carbocycles. The normalized spacial score (nSPS) is 23.2. The van der Waals surface area contributed by atoms with Gasteiger partial charge in [-0.25, -0.2) is 0 Å². The van der Waals surface area contributed by atoms with E-state index in [0.717, 1.165) is 24.5 Å². The van der Waals surface area contributed by atoms with E-state index in [1.807, 2.05) is 23.1 Å². The van der Waals surface area contributed by atoms with Gasteiger partial charge in [0.1, 0.15) is 0 Å². The van der Waals surface area contributed by atoms with Crippen LogP contribution < -0.4 is 0 Å². The van der Waals surface area contributed by atoms with Crippen molar-refractivity contribution >= 4 is 15.9 Å². The summed E-state index contributed by atoms with van der Waals surface area (Å²) >= 11 is 3.64. The predicted molar refractivity (Wildman–Crippen MR) is 69.9 cm³/mol. The number of rotatable bonds is 4. The third-order valence-corrected chi connectivity index (χ3v) is 4.10. The Morgan fingerprint density at radius 2 is 2.19 bits per heavy atom. The van der Waals surface area contributed by atoms with Crippen LogP contribution >= 0.6 is 15.9 Å². The van der Waals surface area contributed by atoms with E-state index in [9.17, 15) is 0 Å². The molecule has 3 nitrogen and oxygen atoms in total. The minimum absolute atomic E-state index is 0.720. The average molecular weight is 286 g/mol. The van der Waals surface area contributed by atoms with Gasteiger partial charge in [0.25, 0.3) is 0 Å². The minimum Gasteiger partial charge on any atom is -0.298 e. The van der Waals surface area contributed by atoms with Gasteiger partial charge in [-0.2, -0.15) is 5.10 Å². The van der Waals surface area contributed by atoms with Gasteiger partial charge < -0.3 is 0 Å². The van der Waals surface area contributed by atoms with Gasteiger partial charge in [0.15, 0.2) is 0 Å². The van der Waals surface area contributed by atoms with Gasteiger partial charge >= 0.3 is 0 Å². The third-order valence-electron chi connectivity index (χ3n) is 3.35. The number of likely N-dealkylation sites (tertiary alicyclic amines) is 1. The first-order valence-electron chi connectivity index (χ1n) is 6.17. The smallest absolute Gasteiger partial charge is 0.0536 e. The van der Waals surface area contributed by atoms with E-state index in [1.165, 1.54) is 32.2 Å². The highest BCUT2D eigenvalue weighted by Crippen LogP contribution is 2.18. The monoisotopic (exact) mass is 285 g/mol. The van der Waals surface area contributed by atoms with E-state index in [-0.39, 0.29) is 0 Å². The molecular weight excluding hydrogens is 266 g/mol. The molecule has 1 saturated heterocycles. The predicted octanol–water partition coefficient (Wildman–Crippen LogP) is 2.52. The van der Waals surface area contributed by atoms with Crippen molar-refractivity contribution < 1.29 is 0 Å². The minimum atomic E-state index is 0.720. The fourth-order valence-corrected chi connectivity index (χ4v) is 3.10. The highest BCUT2D eigenvalue weighted by Gasteiger charge is 2.19. The summed E-state index contributed by atoms with van der Waals surface area (Å²) in [7, 11) is 0. The molecule has 2 rings (SSSR count). The van der Waals surface area contributed by atoms with Gasteiger partial charge in [-0.15, -0.1) is 0 Å². The first kappa shape index (κ1) is 12.1. The fourth-order valence-electron chi connectivity index (χ4n) is 2.37. The Bertz CT molecular complexity index is 286. The van der Waals surface area contributed by atoms with Crippen molar-refractivity contribution in [1.82, 2.24) is 14.7 Å². The van der Waals surface area contributed by atoms with Crippen molar-refractivity contribution in [3.63, 3.8) is 0 Å². The second-order valence-electron chi connectivity index (χ2n) is 4.46. The van der Waals surface area contributed by atoms with Gasteiger partial charge in [0.2, 0.25) is 0 Å². The van der Waals surface area contributed by atoms with Gasteiger partial charge in [0, 0.05) is 30.3 Å². The Labute approximate surface area is 106 Å². The Morgan fingerprint density at radius 1 is 1.25 bits per heavy atom. The van der Waals surface area contributed by atoms with Crippen LogP contribution in [0, 0.1) is 0 Å². The van der Waals surface area contributed by atoms with Crippen LogP contribution in [0.2, 0.25) is 0 Å². The van der Waals surface area contributed by atoms with E-state index in [2.05, 4.69) is 25.9 Å². The molecule has 1 aromatic heterocycles. The van der Waals surface area contributed by atoms with Crippen molar-refractivity contribution in [2.45, 2.75) is 38.3 Å². The molecule has 1 aromatic rings. The van der Waals surface area contributed by atoms with Crippen LogP contribution in [-0.4, -0.2) is 39.1 Å². The first-order valence-corrected chi connectivity index (χ1v) is 7.30. The lowest BCUT2D eigenvalue weighted by molar-refractivity contribution is 0.207. The fraction of sp³-hybridized carbons (Fsp3) is 0.750. The number of aromatic nitrogens is 2. The molecule has 1 aliphatic rings. The lowest BCUT2D eigenvalue weighted by Gasteiger charge is -2.28. The van der Waals surface area contributed by atoms with Crippen LogP contribution in [0.3, 0.4) is 0 Å². The molecule has 0 N–H and O–H groups in total. The molecule has 1 fully saturated rings. The maximum absolute atomic E-state index is 4.25. The van der Waals surface area contributed by atoms with Crippen LogP contribution in [0.15, 0.2) is 18.5 Å². The summed E-state index contributed by atoms with van der Waals surface area (Å²) in [5.41, 5.74) is 0. The maximum Gasteiger partial charge on any atom is 0.0536 e. The molecule has 0 radical (unpaired) electrons. The molecule has 0 bridgehead atoms. The molecule has 0 saturated carbocycles. The van der Waals surface area contributed by atoms with Crippen LogP contribution in [0.25, 0.3) is 0 Å². The molecule has 0 aromatic carbocycles. The third kappa shape index (κ3) is 3.32. The number of hydrogen-bond acceptors (Lipinski definition) is 2. The van der Waals surface area contributed by atoms with Crippen molar-refractivity contribution in [3.05, 3.63) is 18.5 Å². The average Bonchev–Trinajstić information content (AvgIpc) is 2.71. The Kier molecular flexibility index (Phi) is 4.85. The molecule has 4 heteroatoms. The van der Waals surface area contributed by atoms with Gasteiger partial charge in [-0.05, 0) is 25.5 Å². The molecule has 2 heterocycles. The van der Waals surface area contributed by atoms with Gasteiger partial charge in [-0.1, -0.05) is 28.8 Å². The Hall–Kier alpha value is -0.350. The van der Waals surface area contributed by atoms with Gasteiger partial charge in [0.05, 0.1) is 6.54 Å². The number of nitrogens with zero attached hydrogens (tertiary/aromatic N) is 3. The van der Waals surface area contributed by atoms with E-state index in [0.29, 0.717) is 0 Å². The highest BCUT2D eigenvalue weighted by atomic mass is 79.9. The molecule has 16 heavy (non-hydrogen) atoms. The molecule has 0 amide bonds. The summed E-state index contributed by atoms with van der Waals surface area (Å²) in [6.45, 7) is 3.38. The highest BCUT2D eigenvalue weighted by molar-refractivity contribution is 9.09. The van der Waals surface area contributed by atoms with Crippen LogP contribution in [-0.2, 0) is 6.54 Å². The summed E-state index contributed by atoms with van der Waals surface area (Å²) in [5, 5.41) is 5.36. The van der Waals surface area contributed by atoms with Crippen LogP contribution in [0.4, 0.5) is 0 Å². The first-order chi connectivity index (χ1) is 7.90. The molecule has 1 aliphatic heterocycles. The van der Waals surface area contributed by atoms with Crippen molar-refractivity contribution in [2.75, 3.05) is 18.4 Å². The lowest BCUT2D eigenvalue weighted by atomic mass is 10.1. The summed E-state index contributed by atoms with van der Waals surface area (Å²) < 4.78 is 2.02. The summed E-state index contributed by atoms with van der Waals surface area (Å²) in [4.78, 5) is 2.61. The molecule has 0 spiro atoms. The Balaban J connectivity index is 1.85. The number of hydrogen-bond donors (Lipinski definition) is 0. The zero-order valence-corrected chi connectivity index (χ0v) is 11.3. The van der Waals surface area contributed by atoms with Gasteiger partial charge in [-0.3, -0.25) is 9.58 Å². The van der Waals surface area contributed by atoms with Crippen molar-refractivity contribution in [1.29, 1.82) is 0 Å². The topological polar surface area (TPSA) is 21.1 Å². The van der Waals surface area contributed by atoms with Crippen molar-refractivity contribution in [3.8, 4) is 0 Å². The van der Waals surface area contributed by atoms with Crippen LogP contribution in [0.5, 0.6) is 0 Å². The quantitative estimate of drug-likeness (QED) is 0.793. The SMILES string of the molecule is BrCC1CCCCCN1CCn1cccn1. The second kappa shape index (κ2) is 6.40. The van der Waals surface area contributed by atoms with Crippen molar-refractivity contribution in [2.24, 2.45) is 0 Å². The summed E-state index contributed by atoms with van der Waals surface area (Å²) in [6.07, 6.45) is 9.36. The molecule has 90 valence electrons. The second-order valence-corrected chi connectivity index (χ2v) is 5.11. The molecular formula is C12H20BrN3. The molecule has 1 unspecified atom stereocenters. The molecule has 1 atom stereocenters. The summed E-state index contributed by atoms with van der Waals surface area (Å²) in [6, 6.07) is 2.71. The Morgan fingerprint density at radius 3 is 2.94 bits per heavy atom. The number of halogens is 1. The van der Waals surface area contributed by atoms with E-state index in [4.69, 9.17) is 0 Å². The number of alkyl halides is 1. The zero-order chi connectivity index (χ0) is 11.2. The van der Waals surface area contributed by atoms with E-state index >= 15 is 0 Å². The van der Waals surface area contributed by atoms with E-state index < -0.39 is 0 Å². The standard InChI is InChI=1S/C12H20BrN3/c13-11-12-5-2-1-3-7-15(12)9-10-16-8-4-6-14-16/h4,6,8,12H,1-3,5,7,9-11H2. The largest absolute Gasteiger partial charge is 0.298 e. The summed E-state index contributed by atoms with van der Waals surface area (Å²) in [5.74, 6) is 0. The zero-order valence-electron chi connectivity index (χ0n) is 9.69.